The number of hydrogen-bond donors (Lipinski definition) is 1. The lowest BCUT2D eigenvalue weighted by atomic mass is 10.2. The van der Waals surface area contributed by atoms with Gasteiger partial charge in [-0.05, 0) is 43.3 Å². The highest BCUT2D eigenvalue weighted by molar-refractivity contribution is 7.81. The molecule has 120 valence electrons. The summed E-state index contributed by atoms with van der Waals surface area (Å²) < 4.78 is 16.0. The van der Waals surface area contributed by atoms with E-state index in [1.54, 1.807) is 20.5 Å². The van der Waals surface area contributed by atoms with E-state index in [9.17, 15) is 0 Å². The predicted molar refractivity (Wildman–Crippen MR) is 96.6 cm³/mol. The zero-order chi connectivity index (χ0) is 16.7. The second kappa shape index (κ2) is 8.19. The van der Waals surface area contributed by atoms with Crippen LogP contribution in [0.2, 0.25) is 0 Å². The van der Waals surface area contributed by atoms with E-state index >= 15 is 0 Å². The van der Waals surface area contributed by atoms with Gasteiger partial charge in [0, 0.05) is 11.3 Å². The largest absolute Gasteiger partial charge is 0.497 e. The molecular formula is C18H19NO3S. The Morgan fingerprint density at radius 1 is 0.957 bits per heavy atom. The second-order valence-electron chi connectivity index (χ2n) is 4.75. The number of para-hydroxylation sites is 2. The molecule has 0 fully saturated rings. The lowest BCUT2D eigenvalue weighted by Crippen LogP contribution is -2.10. The van der Waals surface area contributed by atoms with E-state index < -0.39 is 0 Å². The Morgan fingerprint density at radius 3 is 2.22 bits per heavy atom. The van der Waals surface area contributed by atoms with Gasteiger partial charge in [0.25, 0.3) is 0 Å². The molecule has 5 heteroatoms. The van der Waals surface area contributed by atoms with Crippen LogP contribution in [0, 0.1) is 0 Å². The predicted octanol–water partition coefficient (Wildman–Crippen LogP) is 4.43. The van der Waals surface area contributed by atoms with Gasteiger partial charge >= 0.3 is 0 Å². The molecule has 0 atom stereocenters. The maximum atomic E-state index is 5.65. The minimum absolute atomic E-state index is 0.588. The minimum Gasteiger partial charge on any atom is -0.497 e. The van der Waals surface area contributed by atoms with Crippen molar-refractivity contribution in [2.24, 2.45) is 0 Å². The van der Waals surface area contributed by atoms with E-state index in [1.807, 2.05) is 55.5 Å². The highest BCUT2D eigenvalue weighted by atomic mass is 32.1. The SMILES string of the molecule is COc1ccc(NC(=S)/C(C)=C/Oc2ccccc2OC)cc1. The van der Waals surface area contributed by atoms with Gasteiger partial charge < -0.3 is 19.5 Å². The van der Waals surface area contributed by atoms with Crippen molar-refractivity contribution in [3.63, 3.8) is 0 Å². The number of hydrogen-bond acceptors (Lipinski definition) is 4. The Balaban J connectivity index is 2.00. The molecule has 0 aliphatic rings. The van der Waals surface area contributed by atoms with Crippen molar-refractivity contribution in [3.8, 4) is 17.2 Å². The Morgan fingerprint density at radius 2 is 1.61 bits per heavy atom. The zero-order valence-corrected chi connectivity index (χ0v) is 14.1. The number of thiocarbonyl (C=S) groups is 1. The summed E-state index contributed by atoms with van der Waals surface area (Å²) in [4.78, 5) is 0.588. The van der Waals surface area contributed by atoms with Crippen molar-refractivity contribution in [2.45, 2.75) is 6.92 Å². The molecule has 0 bridgehead atoms. The first-order valence-electron chi connectivity index (χ1n) is 7.06. The number of methoxy groups -OCH3 is 2. The van der Waals surface area contributed by atoms with Crippen LogP contribution >= 0.6 is 12.2 Å². The Bertz CT molecular complexity index is 696. The van der Waals surface area contributed by atoms with Gasteiger partial charge in [-0.15, -0.1) is 0 Å². The quantitative estimate of drug-likeness (QED) is 0.482. The maximum Gasteiger partial charge on any atom is 0.168 e. The normalized spacial score (nSPS) is 10.8. The van der Waals surface area contributed by atoms with Crippen LogP contribution in [-0.2, 0) is 0 Å². The molecule has 2 aromatic rings. The van der Waals surface area contributed by atoms with Gasteiger partial charge in [0.05, 0.1) is 20.5 Å². The highest BCUT2D eigenvalue weighted by Gasteiger charge is 2.04. The van der Waals surface area contributed by atoms with Crippen LogP contribution in [0.1, 0.15) is 6.92 Å². The van der Waals surface area contributed by atoms with Crippen LogP contribution in [0.25, 0.3) is 0 Å². The molecule has 0 saturated heterocycles. The third-order valence-electron chi connectivity index (χ3n) is 3.14. The molecule has 0 heterocycles. The molecule has 0 radical (unpaired) electrons. The van der Waals surface area contributed by atoms with E-state index in [2.05, 4.69) is 5.32 Å². The number of rotatable bonds is 6. The van der Waals surface area contributed by atoms with Gasteiger partial charge in [-0.1, -0.05) is 24.4 Å². The van der Waals surface area contributed by atoms with E-state index in [0.29, 0.717) is 16.5 Å². The summed E-state index contributed by atoms with van der Waals surface area (Å²) in [6.45, 7) is 1.88. The summed E-state index contributed by atoms with van der Waals surface area (Å²) in [6.07, 6.45) is 1.61. The first-order chi connectivity index (χ1) is 11.1. The van der Waals surface area contributed by atoms with Crippen molar-refractivity contribution >= 4 is 22.9 Å². The molecule has 1 N–H and O–H groups in total. The van der Waals surface area contributed by atoms with Crippen LogP contribution in [0.5, 0.6) is 17.2 Å². The van der Waals surface area contributed by atoms with E-state index in [4.69, 9.17) is 26.4 Å². The molecule has 0 aromatic heterocycles. The molecule has 0 amide bonds. The van der Waals surface area contributed by atoms with Crippen molar-refractivity contribution in [1.82, 2.24) is 0 Å². The van der Waals surface area contributed by atoms with Gasteiger partial charge in [-0.2, -0.15) is 0 Å². The van der Waals surface area contributed by atoms with Crippen LogP contribution in [0.4, 0.5) is 5.69 Å². The summed E-state index contributed by atoms with van der Waals surface area (Å²) in [5, 5.41) is 3.15. The third-order valence-corrected chi connectivity index (χ3v) is 3.56. The monoisotopic (exact) mass is 329 g/mol. The number of ether oxygens (including phenoxy) is 3. The van der Waals surface area contributed by atoms with Gasteiger partial charge in [-0.25, -0.2) is 0 Å². The van der Waals surface area contributed by atoms with Crippen LogP contribution < -0.4 is 19.5 Å². The number of anilines is 1. The third kappa shape index (κ3) is 4.72. The van der Waals surface area contributed by atoms with Gasteiger partial charge in [0.1, 0.15) is 10.7 Å². The topological polar surface area (TPSA) is 39.7 Å². The summed E-state index contributed by atoms with van der Waals surface area (Å²) >= 11 is 5.37. The molecule has 0 unspecified atom stereocenters. The molecule has 2 rings (SSSR count). The first kappa shape index (κ1) is 16.8. The second-order valence-corrected chi connectivity index (χ2v) is 5.16. The molecular weight excluding hydrogens is 310 g/mol. The fourth-order valence-corrected chi connectivity index (χ4v) is 1.99. The summed E-state index contributed by atoms with van der Waals surface area (Å²) in [7, 11) is 3.24. The lowest BCUT2D eigenvalue weighted by molar-refractivity contribution is 0.377. The van der Waals surface area contributed by atoms with E-state index in [-0.39, 0.29) is 0 Å². The average Bonchev–Trinajstić information content (AvgIpc) is 2.60. The Labute approximate surface area is 141 Å². The van der Waals surface area contributed by atoms with Crippen LogP contribution in [-0.4, -0.2) is 19.2 Å². The Kier molecular flexibility index (Phi) is 6.00. The Hall–Kier alpha value is -2.53. The summed E-state index contributed by atoms with van der Waals surface area (Å²) in [5.41, 5.74) is 1.70. The lowest BCUT2D eigenvalue weighted by Gasteiger charge is -2.10. The molecule has 4 nitrogen and oxygen atoms in total. The molecule has 0 aliphatic heterocycles. The van der Waals surface area contributed by atoms with Crippen LogP contribution in [0.15, 0.2) is 60.4 Å². The number of nitrogens with one attached hydrogen (secondary N) is 1. The molecule has 23 heavy (non-hydrogen) atoms. The molecule has 0 aliphatic carbocycles. The molecule has 0 spiro atoms. The van der Waals surface area contributed by atoms with Gasteiger partial charge in [-0.3, -0.25) is 0 Å². The fraction of sp³-hybridized carbons (Fsp3) is 0.167. The van der Waals surface area contributed by atoms with Crippen molar-refractivity contribution in [3.05, 3.63) is 60.4 Å². The average molecular weight is 329 g/mol. The number of benzene rings is 2. The smallest absolute Gasteiger partial charge is 0.168 e. The van der Waals surface area contributed by atoms with E-state index in [0.717, 1.165) is 17.0 Å². The fourth-order valence-electron chi connectivity index (χ4n) is 1.83. The maximum absolute atomic E-state index is 5.65. The molecule has 0 saturated carbocycles. The van der Waals surface area contributed by atoms with Gasteiger partial charge in [0.15, 0.2) is 11.5 Å². The van der Waals surface area contributed by atoms with Gasteiger partial charge in [0.2, 0.25) is 0 Å². The molecule has 2 aromatic carbocycles. The summed E-state index contributed by atoms with van der Waals surface area (Å²) in [5.74, 6) is 2.11. The van der Waals surface area contributed by atoms with Crippen molar-refractivity contribution < 1.29 is 14.2 Å². The first-order valence-corrected chi connectivity index (χ1v) is 7.46. The summed E-state index contributed by atoms with van der Waals surface area (Å²) in [6, 6.07) is 15.0. The van der Waals surface area contributed by atoms with E-state index in [1.165, 1.54) is 0 Å². The zero-order valence-electron chi connectivity index (χ0n) is 13.3. The highest BCUT2D eigenvalue weighted by Crippen LogP contribution is 2.26. The van der Waals surface area contributed by atoms with Crippen molar-refractivity contribution in [1.29, 1.82) is 0 Å². The van der Waals surface area contributed by atoms with Crippen molar-refractivity contribution in [2.75, 3.05) is 19.5 Å². The van der Waals surface area contributed by atoms with Crippen LogP contribution in [0.3, 0.4) is 0 Å². The standard InChI is InChI=1S/C18H19NO3S/c1-13(12-22-17-7-5-4-6-16(17)21-3)18(23)19-14-8-10-15(20-2)11-9-14/h4-12H,1-3H3,(H,19,23)/b13-12+. The minimum atomic E-state index is 0.588.